The quantitative estimate of drug-likeness (QED) is 0.236. The molecule has 1 aliphatic carbocycles. The van der Waals surface area contributed by atoms with Crippen LogP contribution in [0.25, 0.3) is 55.3 Å². The molecule has 0 saturated carbocycles. The predicted octanol–water partition coefficient (Wildman–Crippen LogP) is 9.03. The predicted molar refractivity (Wildman–Crippen MR) is 155 cm³/mol. The summed E-state index contributed by atoms with van der Waals surface area (Å²) in [5.41, 5.74) is 11.5. The molecule has 2 heterocycles. The van der Waals surface area contributed by atoms with Crippen molar-refractivity contribution in [2.45, 2.75) is 19.3 Å². The van der Waals surface area contributed by atoms with Crippen molar-refractivity contribution in [1.82, 2.24) is 9.13 Å². The smallest absolute Gasteiger partial charge is 0.131 e. The number of hydrogen-bond donors (Lipinski definition) is 0. The monoisotopic (exact) mass is 474 g/mol. The minimum atomic E-state index is -0.00251. The summed E-state index contributed by atoms with van der Waals surface area (Å²) in [4.78, 5) is 0. The SMILES string of the molecule is CC1(C)c2ccccc2-c2cc(-n3c4ccccc4c4c5ccccc5n(-c5ccccc5)c43)ccc21. The Morgan fingerprint density at radius 1 is 0.486 bits per heavy atom. The highest BCUT2D eigenvalue weighted by Crippen LogP contribution is 2.49. The summed E-state index contributed by atoms with van der Waals surface area (Å²) in [6, 6.07) is 44.3. The zero-order valence-corrected chi connectivity index (χ0v) is 20.9. The largest absolute Gasteiger partial charge is 0.295 e. The Morgan fingerprint density at radius 2 is 1.05 bits per heavy atom. The number of hydrogen-bond acceptors (Lipinski definition) is 0. The fourth-order valence-corrected chi connectivity index (χ4v) is 6.64. The third kappa shape index (κ3) is 2.65. The van der Waals surface area contributed by atoms with Crippen LogP contribution in [-0.2, 0) is 5.41 Å². The average Bonchev–Trinajstić information content (AvgIpc) is 3.53. The fourth-order valence-electron chi connectivity index (χ4n) is 6.64. The Hall–Kier alpha value is -4.56. The lowest BCUT2D eigenvalue weighted by Gasteiger charge is -2.21. The van der Waals surface area contributed by atoms with Crippen LogP contribution in [0.15, 0.2) is 121 Å². The van der Waals surface area contributed by atoms with Crippen molar-refractivity contribution in [3.63, 3.8) is 0 Å². The maximum absolute atomic E-state index is 2.46. The van der Waals surface area contributed by atoms with Crippen molar-refractivity contribution in [3.05, 3.63) is 132 Å². The van der Waals surface area contributed by atoms with Crippen molar-refractivity contribution in [1.29, 1.82) is 0 Å². The van der Waals surface area contributed by atoms with Crippen LogP contribution in [0.1, 0.15) is 25.0 Å². The van der Waals surface area contributed by atoms with E-state index in [1.54, 1.807) is 0 Å². The Bertz CT molecular complexity index is 2000. The molecule has 5 aromatic carbocycles. The third-order valence-corrected chi connectivity index (χ3v) is 8.32. The van der Waals surface area contributed by atoms with Gasteiger partial charge in [0.25, 0.3) is 0 Å². The van der Waals surface area contributed by atoms with Crippen LogP contribution >= 0.6 is 0 Å². The maximum atomic E-state index is 2.46. The molecule has 2 nitrogen and oxygen atoms in total. The van der Waals surface area contributed by atoms with E-state index in [2.05, 4.69) is 144 Å². The van der Waals surface area contributed by atoms with Crippen LogP contribution in [0.4, 0.5) is 0 Å². The molecule has 7 aromatic rings. The lowest BCUT2D eigenvalue weighted by atomic mass is 9.82. The van der Waals surface area contributed by atoms with E-state index in [-0.39, 0.29) is 5.41 Å². The molecule has 0 spiro atoms. The Morgan fingerprint density at radius 3 is 1.78 bits per heavy atom. The topological polar surface area (TPSA) is 9.86 Å². The van der Waals surface area contributed by atoms with Gasteiger partial charge >= 0.3 is 0 Å². The summed E-state index contributed by atoms with van der Waals surface area (Å²) in [6.45, 7) is 4.68. The number of benzene rings is 5. The number of para-hydroxylation sites is 3. The molecule has 0 aliphatic heterocycles. The van der Waals surface area contributed by atoms with Gasteiger partial charge in [-0.15, -0.1) is 0 Å². The summed E-state index contributed by atoms with van der Waals surface area (Å²) < 4.78 is 4.89. The van der Waals surface area contributed by atoms with Crippen LogP contribution in [-0.4, -0.2) is 9.13 Å². The number of aromatic nitrogens is 2. The summed E-state index contributed by atoms with van der Waals surface area (Å²) in [5, 5.41) is 3.87. The number of rotatable bonds is 2. The second-order valence-electron chi connectivity index (χ2n) is 10.6. The molecule has 0 amide bonds. The molecular weight excluding hydrogens is 448 g/mol. The first kappa shape index (κ1) is 20.6. The zero-order chi connectivity index (χ0) is 24.7. The first-order chi connectivity index (χ1) is 18.1. The van der Waals surface area contributed by atoms with Gasteiger partial charge in [-0.1, -0.05) is 98.8 Å². The summed E-state index contributed by atoms with van der Waals surface area (Å²) in [6.07, 6.45) is 0. The van der Waals surface area contributed by atoms with Gasteiger partial charge < -0.3 is 0 Å². The van der Waals surface area contributed by atoms with Crippen molar-refractivity contribution in [3.8, 4) is 22.5 Å². The van der Waals surface area contributed by atoms with Gasteiger partial charge in [0.15, 0.2) is 0 Å². The molecule has 0 unspecified atom stereocenters. The molecule has 0 atom stereocenters. The molecule has 0 bridgehead atoms. The van der Waals surface area contributed by atoms with E-state index in [0.29, 0.717) is 0 Å². The second kappa shape index (κ2) is 7.24. The van der Waals surface area contributed by atoms with Crippen LogP contribution in [0, 0.1) is 0 Å². The molecular formula is C35H26N2. The molecule has 0 radical (unpaired) electrons. The van der Waals surface area contributed by atoms with E-state index >= 15 is 0 Å². The highest BCUT2D eigenvalue weighted by molar-refractivity contribution is 6.22. The van der Waals surface area contributed by atoms with Crippen LogP contribution in [0.2, 0.25) is 0 Å². The van der Waals surface area contributed by atoms with Gasteiger partial charge in [-0.2, -0.15) is 0 Å². The minimum Gasteiger partial charge on any atom is -0.295 e. The van der Waals surface area contributed by atoms with Gasteiger partial charge in [0.05, 0.1) is 11.0 Å². The van der Waals surface area contributed by atoms with Gasteiger partial charge in [0, 0.05) is 32.9 Å². The third-order valence-electron chi connectivity index (χ3n) is 8.32. The molecule has 1 aliphatic rings. The van der Waals surface area contributed by atoms with E-state index in [1.165, 1.54) is 66.5 Å². The standard InChI is InChI=1S/C35H26N2/c1-35(2)29-17-9-6-14-25(29)28-22-24(20-21-30(28)35)37-32-19-11-8-16-27(32)33-26-15-7-10-18-31(26)36(34(33)37)23-12-4-3-5-13-23/h3-22H,1-2H3. The van der Waals surface area contributed by atoms with Gasteiger partial charge in [-0.25, -0.2) is 0 Å². The molecule has 0 saturated heterocycles. The molecule has 0 fully saturated rings. The summed E-state index contributed by atoms with van der Waals surface area (Å²) in [5.74, 6) is 0. The number of fused-ring (bicyclic) bond motifs is 8. The van der Waals surface area contributed by atoms with Crippen molar-refractivity contribution >= 4 is 32.8 Å². The van der Waals surface area contributed by atoms with E-state index in [9.17, 15) is 0 Å². The van der Waals surface area contributed by atoms with Crippen LogP contribution in [0.3, 0.4) is 0 Å². The lowest BCUT2D eigenvalue weighted by molar-refractivity contribution is 0.660. The molecule has 0 N–H and O–H groups in total. The summed E-state index contributed by atoms with van der Waals surface area (Å²) in [7, 11) is 0. The molecule has 8 rings (SSSR count). The first-order valence-corrected chi connectivity index (χ1v) is 13.0. The van der Waals surface area contributed by atoms with Crippen LogP contribution < -0.4 is 0 Å². The van der Waals surface area contributed by atoms with E-state index in [4.69, 9.17) is 0 Å². The number of nitrogens with zero attached hydrogens (tertiary/aromatic N) is 2. The Balaban J connectivity index is 1.54. The Kier molecular flexibility index (Phi) is 4.03. The highest BCUT2D eigenvalue weighted by Gasteiger charge is 2.35. The van der Waals surface area contributed by atoms with E-state index in [1.807, 2.05) is 0 Å². The highest BCUT2D eigenvalue weighted by atomic mass is 15.1. The second-order valence-corrected chi connectivity index (χ2v) is 10.6. The van der Waals surface area contributed by atoms with Crippen LogP contribution in [0.5, 0.6) is 0 Å². The molecule has 37 heavy (non-hydrogen) atoms. The maximum Gasteiger partial charge on any atom is 0.131 e. The van der Waals surface area contributed by atoms with Crippen molar-refractivity contribution in [2.24, 2.45) is 0 Å². The Labute approximate surface area is 216 Å². The molecule has 2 heteroatoms. The zero-order valence-electron chi connectivity index (χ0n) is 20.9. The van der Waals surface area contributed by atoms with Gasteiger partial charge in [0.1, 0.15) is 5.65 Å². The first-order valence-electron chi connectivity index (χ1n) is 13.0. The van der Waals surface area contributed by atoms with Crippen molar-refractivity contribution < 1.29 is 0 Å². The molecule has 176 valence electrons. The minimum absolute atomic E-state index is 0.00251. The normalized spacial score (nSPS) is 13.9. The van der Waals surface area contributed by atoms with Gasteiger partial charge in [-0.05, 0) is 58.7 Å². The lowest BCUT2D eigenvalue weighted by Crippen LogP contribution is -2.14. The van der Waals surface area contributed by atoms with Crippen molar-refractivity contribution in [2.75, 3.05) is 0 Å². The van der Waals surface area contributed by atoms with E-state index < -0.39 is 0 Å². The van der Waals surface area contributed by atoms with Gasteiger partial charge in [-0.3, -0.25) is 9.13 Å². The van der Waals surface area contributed by atoms with E-state index in [0.717, 1.165) is 0 Å². The van der Waals surface area contributed by atoms with Gasteiger partial charge in [0.2, 0.25) is 0 Å². The fraction of sp³-hybridized carbons (Fsp3) is 0.0857. The average molecular weight is 475 g/mol. The molecule has 2 aromatic heterocycles. The summed E-state index contributed by atoms with van der Waals surface area (Å²) >= 11 is 0.